The fourth-order valence-corrected chi connectivity index (χ4v) is 4.86. The van der Waals surface area contributed by atoms with Gasteiger partial charge in [0.2, 0.25) is 11.8 Å². The Bertz CT molecular complexity index is 1470. The van der Waals surface area contributed by atoms with Crippen LogP contribution in [0.15, 0.2) is 18.3 Å². The Hall–Kier alpha value is -3.70. The van der Waals surface area contributed by atoms with E-state index in [0.29, 0.717) is 60.3 Å². The summed E-state index contributed by atoms with van der Waals surface area (Å²) in [5.74, 6) is 0.607. The van der Waals surface area contributed by atoms with Gasteiger partial charge in [-0.15, -0.1) is 5.10 Å². The van der Waals surface area contributed by atoms with Crippen LogP contribution in [0.5, 0.6) is 11.8 Å². The summed E-state index contributed by atoms with van der Waals surface area (Å²) in [6, 6.07) is 3.41. The maximum atomic E-state index is 15.3. The summed E-state index contributed by atoms with van der Waals surface area (Å²) >= 11 is 0. The van der Waals surface area contributed by atoms with Crippen molar-refractivity contribution in [2.75, 3.05) is 19.8 Å². The smallest absolute Gasteiger partial charge is 0.240 e. The lowest BCUT2D eigenvalue weighted by atomic mass is 10.0. The molecule has 4 aromatic rings. The predicted molar refractivity (Wildman–Crippen MR) is 143 cm³/mol. The van der Waals surface area contributed by atoms with Gasteiger partial charge in [-0.25, -0.2) is 9.07 Å². The van der Waals surface area contributed by atoms with E-state index in [1.54, 1.807) is 28.7 Å². The van der Waals surface area contributed by atoms with Crippen molar-refractivity contribution in [3.8, 4) is 22.9 Å². The summed E-state index contributed by atoms with van der Waals surface area (Å²) in [6.45, 7) is 10.1. The standard InChI is InChI=1S/C27H34FN7O3/c1-6-37-26-18-7-8-23-20-11-19(22(28)12-24(20)31-30-23)21-13-29-33(5)27(21)38-17(4)14-34(16(2)3)15-25(18)35(32-26)9-10-36/h7-8,11-13,16-17,36H,6,9-10,14-15H2,1-5H3,(H,30,31)/b8-7+/t17-/m0/s1. The first-order valence-electron chi connectivity index (χ1n) is 12.9. The molecule has 0 spiro atoms. The lowest BCUT2D eigenvalue weighted by Crippen LogP contribution is -2.39. The number of halogens is 1. The van der Waals surface area contributed by atoms with Crippen LogP contribution in [0.1, 0.15) is 44.6 Å². The molecule has 1 aliphatic rings. The average molecular weight is 524 g/mol. The fraction of sp³-hybridized carbons (Fsp3) is 0.444. The minimum Gasteiger partial charge on any atom is -0.476 e. The summed E-state index contributed by atoms with van der Waals surface area (Å²) in [4.78, 5) is 2.28. The zero-order valence-corrected chi connectivity index (χ0v) is 22.4. The van der Waals surface area contributed by atoms with Crippen LogP contribution in [0.25, 0.3) is 34.2 Å². The summed E-state index contributed by atoms with van der Waals surface area (Å²) in [5.41, 5.74) is 3.96. The summed E-state index contributed by atoms with van der Waals surface area (Å²) < 4.78 is 31.1. The van der Waals surface area contributed by atoms with Gasteiger partial charge in [0, 0.05) is 43.2 Å². The van der Waals surface area contributed by atoms with E-state index in [9.17, 15) is 5.11 Å². The molecule has 0 amide bonds. The number of hydrogen-bond donors (Lipinski definition) is 2. The predicted octanol–water partition coefficient (Wildman–Crippen LogP) is 3.85. The normalized spacial score (nSPS) is 17.2. The third kappa shape index (κ3) is 4.79. The van der Waals surface area contributed by atoms with Gasteiger partial charge in [0.15, 0.2) is 0 Å². The van der Waals surface area contributed by atoms with E-state index in [1.165, 1.54) is 6.07 Å². The van der Waals surface area contributed by atoms with E-state index >= 15 is 4.39 Å². The highest BCUT2D eigenvalue weighted by molar-refractivity contribution is 5.93. The number of benzene rings is 1. The van der Waals surface area contributed by atoms with Crippen molar-refractivity contribution in [2.24, 2.45) is 7.05 Å². The van der Waals surface area contributed by atoms with Crippen molar-refractivity contribution >= 4 is 23.1 Å². The second kappa shape index (κ2) is 10.6. The molecule has 4 heterocycles. The van der Waals surface area contributed by atoms with Crippen LogP contribution in [0.4, 0.5) is 4.39 Å². The van der Waals surface area contributed by atoms with Gasteiger partial charge in [-0.3, -0.25) is 14.7 Å². The van der Waals surface area contributed by atoms with E-state index in [-0.39, 0.29) is 24.6 Å². The van der Waals surface area contributed by atoms with Crippen molar-refractivity contribution in [1.82, 2.24) is 34.7 Å². The number of aromatic nitrogens is 6. The number of rotatable bonds is 5. The minimum absolute atomic E-state index is 0.0494. The maximum Gasteiger partial charge on any atom is 0.240 e. The lowest BCUT2D eigenvalue weighted by molar-refractivity contribution is 0.109. The molecule has 202 valence electrons. The number of aromatic amines is 1. The van der Waals surface area contributed by atoms with Crippen molar-refractivity contribution in [3.05, 3.63) is 41.1 Å². The molecule has 5 rings (SSSR count). The molecular formula is C27H34FN7O3. The second-order valence-electron chi connectivity index (χ2n) is 9.80. The van der Waals surface area contributed by atoms with E-state index in [2.05, 4.69) is 39.1 Å². The molecule has 38 heavy (non-hydrogen) atoms. The first kappa shape index (κ1) is 25.9. The largest absolute Gasteiger partial charge is 0.476 e. The fourth-order valence-electron chi connectivity index (χ4n) is 4.86. The van der Waals surface area contributed by atoms with Crippen LogP contribution in [0, 0.1) is 5.82 Å². The first-order valence-corrected chi connectivity index (χ1v) is 12.9. The molecule has 1 aromatic carbocycles. The average Bonchev–Trinajstić information content (AvgIpc) is 3.53. The molecule has 0 fully saturated rings. The van der Waals surface area contributed by atoms with Crippen LogP contribution in [0.2, 0.25) is 0 Å². The van der Waals surface area contributed by atoms with Crippen LogP contribution < -0.4 is 9.47 Å². The van der Waals surface area contributed by atoms with Crippen LogP contribution >= 0.6 is 0 Å². The summed E-state index contributed by atoms with van der Waals surface area (Å²) in [6.07, 6.45) is 5.23. The van der Waals surface area contributed by atoms with Crippen LogP contribution in [0.3, 0.4) is 0 Å². The van der Waals surface area contributed by atoms with Gasteiger partial charge in [0.1, 0.15) is 11.9 Å². The molecule has 0 aliphatic carbocycles. The Balaban J connectivity index is 1.73. The molecule has 1 aliphatic heterocycles. The monoisotopic (exact) mass is 523 g/mol. The zero-order chi connectivity index (χ0) is 27.0. The Morgan fingerprint density at radius 1 is 1.26 bits per heavy atom. The number of H-pyrrole nitrogens is 1. The van der Waals surface area contributed by atoms with E-state index in [4.69, 9.17) is 9.47 Å². The van der Waals surface area contributed by atoms with Gasteiger partial charge < -0.3 is 14.6 Å². The highest BCUT2D eigenvalue weighted by atomic mass is 19.1. The molecule has 1 atom stereocenters. The number of aliphatic hydroxyl groups is 1. The Morgan fingerprint density at radius 3 is 2.82 bits per heavy atom. The number of hydrogen-bond acceptors (Lipinski definition) is 7. The van der Waals surface area contributed by atoms with Gasteiger partial charge in [-0.05, 0) is 45.9 Å². The Labute approximate surface area is 220 Å². The molecule has 2 N–H and O–H groups in total. The number of ether oxygens (including phenoxy) is 2. The highest BCUT2D eigenvalue weighted by Gasteiger charge is 2.25. The molecule has 2 bridgehead atoms. The molecule has 10 nitrogen and oxygen atoms in total. The quantitative estimate of drug-likeness (QED) is 0.409. The van der Waals surface area contributed by atoms with E-state index in [1.807, 2.05) is 26.0 Å². The number of aryl methyl sites for hydroxylation is 1. The number of nitrogens with one attached hydrogen (secondary N) is 1. The third-order valence-electron chi connectivity index (χ3n) is 6.81. The van der Waals surface area contributed by atoms with Gasteiger partial charge in [0.25, 0.3) is 0 Å². The Kier molecular flexibility index (Phi) is 7.22. The van der Waals surface area contributed by atoms with Crippen molar-refractivity contribution in [3.63, 3.8) is 0 Å². The highest BCUT2D eigenvalue weighted by Crippen LogP contribution is 2.36. The van der Waals surface area contributed by atoms with Crippen molar-refractivity contribution < 1.29 is 19.0 Å². The van der Waals surface area contributed by atoms with Gasteiger partial charge in [-0.1, -0.05) is 0 Å². The van der Waals surface area contributed by atoms with Crippen molar-refractivity contribution in [2.45, 2.75) is 52.9 Å². The van der Waals surface area contributed by atoms with E-state index < -0.39 is 0 Å². The Morgan fingerprint density at radius 2 is 2.08 bits per heavy atom. The molecule has 3 aromatic heterocycles. The first-order chi connectivity index (χ1) is 18.3. The topological polar surface area (TPSA) is 106 Å². The van der Waals surface area contributed by atoms with E-state index in [0.717, 1.165) is 16.6 Å². The molecule has 11 heteroatoms. The SMILES string of the molecule is CCOc1nn(CCO)c2c1/C=C/c1n[nH]c3cc(F)c(cc13)-c1cnn(C)c1O[C@@H](C)CN(C(C)C)C2. The maximum absolute atomic E-state index is 15.3. The number of nitrogens with zero attached hydrogens (tertiary/aromatic N) is 6. The van der Waals surface area contributed by atoms with Gasteiger partial charge in [-0.2, -0.15) is 10.2 Å². The molecule has 0 radical (unpaired) electrons. The second-order valence-corrected chi connectivity index (χ2v) is 9.80. The third-order valence-corrected chi connectivity index (χ3v) is 6.81. The van der Waals surface area contributed by atoms with Gasteiger partial charge >= 0.3 is 0 Å². The zero-order valence-electron chi connectivity index (χ0n) is 22.4. The van der Waals surface area contributed by atoms with Crippen LogP contribution in [-0.2, 0) is 20.1 Å². The number of fused-ring (bicyclic) bond motifs is 4. The molecular weight excluding hydrogens is 489 g/mol. The van der Waals surface area contributed by atoms with Crippen molar-refractivity contribution in [1.29, 1.82) is 0 Å². The molecule has 0 unspecified atom stereocenters. The molecule has 0 saturated heterocycles. The molecule has 0 saturated carbocycles. The number of aliphatic hydroxyl groups excluding tert-OH is 1. The summed E-state index contributed by atoms with van der Waals surface area (Å²) in [7, 11) is 1.79. The van der Waals surface area contributed by atoms with Gasteiger partial charge in [0.05, 0.1) is 54.0 Å². The summed E-state index contributed by atoms with van der Waals surface area (Å²) in [5, 5.41) is 26.9. The lowest BCUT2D eigenvalue weighted by Gasteiger charge is -2.30. The minimum atomic E-state index is -0.387. The van der Waals surface area contributed by atoms with Crippen LogP contribution in [-0.4, -0.2) is 71.7 Å².